The maximum Gasteiger partial charge on any atom is 0.0265 e. The van der Waals surface area contributed by atoms with Gasteiger partial charge >= 0.3 is 0 Å². The smallest absolute Gasteiger partial charge is 0.0265 e. The van der Waals surface area contributed by atoms with Crippen LogP contribution in [0.5, 0.6) is 0 Å². The summed E-state index contributed by atoms with van der Waals surface area (Å²) in [5.74, 6) is 0. The van der Waals surface area contributed by atoms with Crippen molar-refractivity contribution in [1.82, 2.24) is 5.32 Å². The highest BCUT2D eigenvalue weighted by Gasteiger charge is 1.88. The molecule has 0 bridgehead atoms. The van der Waals surface area contributed by atoms with E-state index in [0.717, 1.165) is 5.70 Å². The summed E-state index contributed by atoms with van der Waals surface area (Å²) in [7, 11) is 0. The molecule has 0 radical (unpaired) electrons. The van der Waals surface area contributed by atoms with Gasteiger partial charge in [0.15, 0.2) is 0 Å². The van der Waals surface area contributed by atoms with Gasteiger partial charge in [-0.1, -0.05) is 12.7 Å². The fraction of sp³-hybridized carbons (Fsp3) is 0.500. The van der Waals surface area contributed by atoms with Crippen molar-refractivity contribution in [2.24, 2.45) is 0 Å². The highest BCUT2D eigenvalue weighted by Crippen LogP contribution is 1.88. The fourth-order valence-corrected chi connectivity index (χ4v) is 0.620. The van der Waals surface area contributed by atoms with Crippen molar-refractivity contribution in [2.75, 3.05) is 0 Å². The second-order valence-electron chi connectivity index (χ2n) is 2.32. The van der Waals surface area contributed by atoms with Gasteiger partial charge in [0.2, 0.25) is 0 Å². The predicted molar refractivity (Wildman–Crippen MR) is 42.2 cm³/mol. The molecule has 0 spiro atoms. The van der Waals surface area contributed by atoms with Crippen LogP contribution >= 0.6 is 0 Å². The van der Waals surface area contributed by atoms with E-state index in [1.54, 1.807) is 0 Å². The quantitative estimate of drug-likeness (QED) is 0.569. The van der Waals surface area contributed by atoms with Crippen molar-refractivity contribution in [2.45, 2.75) is 26.8 Å². The molecule has 0 aliphatic carbocycles. The van der Waals surface area contributed by atoms with Gasteiger partial charge < -0.3 is 5.32 Å². The van der Waals surface area contributed by atoms with E-state index in [0.29, 0.717) is 6.04 Å². The molecule has 1 N–H and O–H groups in total. The van der Waals surface area contributed by atoms with E-state index < -0.39 is 0 Å². The molecule has 0 aliphatic rings. The number of hydrogen-bond acceptors (Lipinski definition) is 1. The number of nitrogens with one attached hydrogen (secondary N) is 1. The summed E-state index contributed by atoms with van der Waals surface area (Å²) in [5.41, 5.74) is 0.979. The molecule has 0 fully saturated rings. The Labute approximate surface area is 57.5 Å². The van der Waals surface area contributed by atoms with Crippen molar-refractivity contribution in [1.29, 1.82) is 0 Å². The summed E-state index contributed by atoms with van der Waals surface area (Å²) in [6.45, 7) is 9.95. The summed E-state index contributed by atoms with van der Waals surface area (Å²) in [6, 6.07) is 0.480. The average Bonchev–Trinajstić information content (AvgIpc) is 1.63. The van der Waals surface area contributed by atoms with Crippen LogP contribution in [0.15, 0.2) is 24.4 Å². The van der Waals surface area contributed by atoms with Crippen LogP contribution < -0.4 is 5.32 Å². The molecule has 0 aliphatic heterocycles. The molecule has 0 saturated heterocycles. The Balaban J connectivity index is 3.51. The van der Waals surface area contributed by atoms with Crippen LogP contribution in [0.1, 0.15) is 20.8 Å². The van der Waals surface area contributed by atoms with Gasteiger partial charge in [-0.3, -0.25) is 0 Å². The summed E-state index contributed by atoms with van der Waals surface area (Å²) in [5, 5.41) is 3.16. The first-order chi connectivity index (χ1) is 4.16. The summed E-state index contributed by atoms with van der Waals surface area (Å²) < 4.78 is 0. The van der Waals surface area contributed by atoms with Crippen LogP contribution in [-0.2, 0) is 0 Å². The molecule has 0 atom stereocenters. The molecule has 1 nitrogen and oxygen atoms in total. The Hall–Kier alpha value is -0.720. The summed E-state index contributed by atoms with van der Waals surface area (Å²) in [4.78, 5) is 0. The lowest BCUT2D eigenvalue weighted by Gasteiger charge is -2.07. The van der Waals surface area contributed by atoms with Gasteiger partial charge in [0, 0.05) is 11.7 Å². The lowest BCUT2D eigenvalue weighted by Crippen LogP contribution is -2.19. The van der Waals surface area contributed by atoms with Crippen molar-refractivity contribution < 1.29 is 0 Å². The van der Waals surface area contributed by atoms with Gasteiger partial charge in [0.1, 0.15) is 0 Å². The maximum atomic E-state index is 3.79. The summed E-state index contributed by atoms with van der Waals surface area (Å²) in [6.07, 6.45) is 3.93. The monoisotopic (exact) mass is 125 g/mol. The maximum absolute atomic E-state index is 3.79. The van der Waals surface area contributed by atoms with Crippen LogP contribution in [0.2, 0.25) is 0 Å². The molecule has 9 heavy (non-hydrogen) atoms. The molecule has 0 heterocycles. The lowest BCUT2D eigenvalue weighted by molar-refractivity contribution is 0.683. The Morgan fingerprint density at radius 1 is 1.56 bits per heavy atom. The third-order valence-electron chi connectivity index (χ3n) is 0.842. The van der Waals surface area contributed by atoms with Gasteiger partial charge in [0.05, 0.1) is 0 Å². The van der Waals surface area contributed by atoms with Gasteiger partial charge in [-0.2, -0.15) is 0 Å². The molecule has 0 aromatic rings. The van der Waals surface area contributed by atoms with Crippen LogP contribution in [0, 0.1) is 0 Å². The molecular weight excluding hydrogens is 110 g/mol. The molecule has 1 heteroatoms. The zero-order valence-electron chi connectivity index (χ0n) is 6.44. The Morgan fingerprint density at radius 3 is 2.44 bits per heavy atom. The second-order valence-corrected chi connectivity index (χ2v) is 2.32. The van der Waals surface area contributed by atoms with Crippen molar-refractivity contribution in [3.63, 3.8) is 0 Å². The van der Waals surface area contributed by atoms with Gasteiger partial charge in [0.25, 0.3) is 0 Å². The third kappa shape index (κ3) is 5.15. The minimum Gasteiger partial charge on any atom is -0.383 e. The van der Waals surface area contributed by atoms with Crippen LogP contribution in [-0.4, -0.2) is 6.04 Å². The van der Waals surface area contributed by atoms with Gasteiger partial charge in [-0.15, -0.1) is 0 Å². The van der Waals surface area contributed by atoms with E-state index in [2.05, 4.69) is 25.7 Å². The Bertz CT molecular complexity index is 112. The van der Waals surface area contributed by atoms with Crippen molar-refractivity contribution >= 4 is 0 Å². The largest absolute Gasteiger partial charge is 0.383 e. The molecule has 0 aromatic carbocycles. The molecule has 0 amide bonds. The van der Waals surface area contributed by atoms with Crippen molar-refractivity contribution in [3.05, 3.63) is 24.4 Å². The molecule has 0 saturated carbocycles. The zero-order chi connectivity index (χ0) is 7.28. The first kappa shape index (κ1) is 8.28. The standard InChI is InChI=1S/C8H15N/c1-5-6-8(4)9-7(2)3/h5-7,9H,4H2,1-3H3/b6-5+. The molecule has 0 unspecified atom stereocenters. The molecule has 0 rings (SSSR count). The van der Waals surface area contributed by atoms with Crippen molar-refractivity contribution in [3.8, 4) is 0 Å². The first-order valence-corrected chi connectivity index (χ1v) is 3.25. The zero-order valence-corrected chi connectivity index (χ0v) is 6.44. The molecule has 0 aromatic heterocycles. The van der Waals surface area contributed by atoms with E-state index >= 15 is 0 Å². The SMILES string of the molecule is C=C(/C=C/C)NC(C)C. The normalized spacial score (nSPS) is 10.7. The van der Waals surface area contributed by atoms with E-state index in [9.17, 15) is 0 Å². The van der Waals surface area contributed by atoms with Gasteiger partial charge in [-0.25, -0.2) is 0 Å². The van der Waals surface area contributed by atoms with Crippen LogP contribution in [0.4, 0.5) is 0 Å². The first-order valence-electron chi connectivity index (χ1n) is 3.25. The minimum atomic E-state index is 0.480. The van der Waals surface area contributed by atoms with E-state index in [-0.39, 0.29) is 0 Å². The van der Waals surface area contributed by atoms with E-state index in [4.69, 9.17) is 0 Å². The lowest BCUT2D eigenvalue weighted by atomic mass is 10.3. The molecule has 52 valence electrons. The minimum absolute atomic E-state index is 0.480. The topological polar surface area (TPSA) is 12.0 Å². The van der Waals surface area contributed by atoms with E-state index in [1.165, 1.54) is 0 Å². The molecular formula is C8H15N. The highest BCUT2D eigenvalue weighted by molar-refractivity contribution is 5.11. The Morgan fingerprint density at radius 2 is 2.11 bits per heavy atom. The highest BCUT2D eigenvalue weighted by atomic mass is 14.9. The number of allylic oxidation sites excluding steroid dienone is 2. The second kappa shape index (κ2) is 4.19. The number of rotatable bonds is 3. The average molecular weight is 125 g/mol. The van der Waals surface area contributed by atoms with Gasteiger partial charge in [-0.05, 0) is 26.8 Å². The third-order valence-corrected chi connectivity index (χ3v) is 0.842. The van der Waals surface area contributed by atoms with Crippen LogP contribution in [0.3, 0.4) is 0 Å². The Kier molecular flexibility index (Phi) is 3.85. The summed E-state index contributed by atoms with van der Waals surface area (Å²) >= 11 is 0. The van der Waals surface area contributed by atoms with Crippen LogP contribution in [0.25, 0.3) is 0 Å². The van der Waals surface area contributed by atoms with E-state index in [1.807, 2.05) is 19.1 Å². The number of hydrogen-bond donors (Lipinski definition) is 1. The fourth-order valence-electron chi connectivity index (χ4n) is 0.620. The predicted octanol–water partition coefficient (Wildman–Crippen LogP) is 2.07.